The molecule has 0 radical (unpaired) electrons. The van der Waals surface area contributed by atoms with E-state index in [4.69, 9.17) is 0 Å². The first-order chi connectivity index (χ1) is 7.18. The Labute approximate surface area is 94.4 Å². The van der Waals surface area contributed by atoms with Gasteiger partial charge in [0, 0.05) is 13.1 Å². The Morgan fingerprint density at radius 1 is 1.33 bits per heavy atom. The predicted octanol–water partition coefficient (Wildman–Crippen LogP) is 2.11. The van der Waals surface area contributed by atoms with Crippen molar-refractivity contribution in [2.45, 2.75) is 39.0 Å². The van der Waals surface area contributed by atoms with E-state index in [-0.39, 0.29) is 0 Å². The van der Waals surface area contributed by atoms with Crippen LogP contribution in [0.2, 0.25) is 0 Å². The highest BCUT2D eigenvalue weighted by atomic mass is 15.1. The second-order valence-corrected chi connectivity index (χ2v) is 6.07. The number of hydrogen-bond acceptors (Lipinski definition) is 2. The number of rotatable bonds is 4. The summed E-state index contributed by atoms with van der Waals surface area (Å²) in [7, 11) is 2.25. The fourth-order valence-corrected chi connectivity index (χ4v) is 2.98. The van der Waals surface area contributed by atoms with Crippen LogP contribution < -0.4 is 5.32 Å². The highest BCUT2D eigenvalue weighted by Crippen LogP contribution is 2.39. The summed E-state index contributed by atoms with van der Waals surface area (Å²) in [6, 6.07) is 0. The molecular weight excluding hydrogens is 184 g/mol. The van der Waals surface area contributed by atoms with Crippen molar-refractivity contribution in [3.63, 3.8) is 0 Å². The van der Waals surface area contributed by atoms with Crippen LogP contribution in [-0.4, -0.2) is 38.1 Å². The minimum Gasteiger partial charge on any atom is -0.316 e. The van der Waals surface area contributed by atoms with E-state index in [1.807, 2.05) is 0 Å². The maximum atomic E-state index is 3.69. The van der Waals surface area contributed by atoms with Crippen molar-refractivity contribution in [1.82, 2.24) is 10.2 Å². The van der Waals surface area contributed by atoms with Crippen LogP contribution in [0.25, 0.3) is 0 Å². The Morgan fingerprint density at radius 2 is 2.13 bits per heavy atom. The third kappa shape index (κ3) is 3.18. The van der Waals surface area contributed by atoms with Gasteiger partial charge in [-0.2, -0.15) is 0 Å². The van der Waals surface area contributed by atoms with Gasteiger partial charge in [-0.15, -0.1) is 0 Å². The fourth-order valence-electron chi connectivity index (χ4n) is 2.98. The molecule has 1 atom stereocenters. The van der Waals surface area contributed by atoms with Crippen LogP contribution >= 0.6 is 0 Å². The maximum absolute atomic E-state index is 3.69. The van der Waals surface area contributed by atoms with Crippen LogP contribution in [-0.2, 0) is 0 Å². The van der Waals surface area contributed by atoms with E-state index in [0.717, 1.165) is 5.92 Å². The number of likely N-dealkylation sites (tertiary alicyclic amines) is 1. The molecule has 2 aliphatic rings. The van der Waals surface area contributed by atoms with Gasteiger partial charge in [0.05, 0.1) is 0 Å². The quantitative estimate of drug-likeness (QED) is 0.764. The fraction of sp³-hybridized carbons (Fsp3) is 1.00. The topological polar surface area (TPSA) is 15.3 Å². The van der Waals surface area contributed by atoms with Gasteiger partial charge < -0.3 is 10.2 Å². The average Bonchev–Trinajstić information content (AvgIpc) is 2.15. The summed E-state index contributed by atoms with van der Waals surface area (Å²) < 4.78 is 0. The van der Waals surface area contributed by atoms with E-state index in [1.165, 1.54) is 58.3 Å². The lowest BCUT2D eigenvalue weighted by molar-refractivity contribution is 0.146. The molecule has 0 aromatic rings. The molecule has 2 fully saturated rings. The average molecular weight is 210 g/mol. The second-order valence-electron chi connectivity index (χ2n) is 6.07. The summed E-state index contributed by atoms with van der Waals surface area (Å²) in [6.45, 7) is 7.50. The summed E-state index contributed by atoms with van der Waals surface area (Å²) >= 11 is 0. The summed E-state index contributed by atoms with van der Waals surface area (Å²) in [4.78, 5) is 2.47. The summed E-state index contributed by atoms with van der Waals surface area (Å²) in [5, 5.41) is 3.69. The molecule has 0 aromatic heterocycles. The van der Waals surface area contributed by atoms with Crippen molar-refractivity contribution in [3.8, 4) is 0 Å². The molecule has 2 heteroatoms. The third-order valence-electron chi connectivity index (χ3n) is 4.27. The Morgan fingerprint density at radius 3 is 2.73 bits per heavy atom. The summed E-state index contributed by atoms with van der Waals surface area (Å²) in [6.07, 6.45) is 7.13. The highest BCUT2D eigenvalue weighted by Gasteiger charge is 2.31. The van der Waals surface area contributed by atoms with Gasteiger partial charge in [-0.05, 0) is 57.2 Å². The third-order valence-corrected chi connectivity index (χ3v) is 4.27. The van der Waals surface area contributed by atoms with Crippen molar-refractivity contribution in [2.24, 2.45) is 11.3 Å². The number of piperidine rings is 1. The van der Waals surface area contributed by atoms with Gasteiger partial charge in [0.1, 0.15) is 0 Å². The molecule has 1 saturated heterocycles. The predicted molar refractivity (Wildman–Crippen MR) is 65.0 cm³/mol. The van der Waals surface area contributed by atoms with E-state index in [9.17, 15) is 0 Å². The van der Waals surface area contributed by atoms with E-state index in [1.54, 1.807) is 0 Å². The van der Waals surface area contributed by atoms with Gasteiger partial charge in [0.15, 0.2) is 0 Å². The number of nitrogens with zero attached hydrogens (tertiary/aromatic N) is 1. The van der Waals surface area contributed by atoms with Crippen molar-refractivity contribution in [3.05, 3.63) is 0 Å². The van der Waals surface area contributed by atoms with Crippen LogP contribution in [0.4, 0.5) is 0 Å². The van der Waals surface area contributed by atoms with Gasteiger partial charge in [-0.25, -0.2) is 0 Å². The van der Waals surface area contributed by atoms with Crippen molar-refractivity contribution >= 4 is 0 Å². The molecule has 0 amide bonds. The minimum atomic E-state index is 0.639. The standard InChI is InChI=1S/C13H26N2/c1-13(6-4-7-13)11-14-9-12-5-3-8-15(2)10-12/h12,14H,3-11H2,1-2H3. The summed E-state index contributed by atoms with van der Waals surface area (Å²) in [5.41, 5.74) is 0.639. The molecule has 15 heavy (non-hydrogen) atoms. The van der Waals surface area contributed by atoms with Gasteiger partial charge in [0.25, 0.3) is 0 Å². The Bertz CT molecular complexity index is 199. The van der Waals surface area contributed by atoms with Gasteiger partial charge >= 0.3 is 0 Å². The SMILES string of the molecule is CN1CCCC(CNCC2(C)CCC2)C1. The largest absolute Gasteiger partial charge is 0.316 e. The zero-order chi connectivity index (χ0) is 10.7. The zero-order valence-electron chi connectivity index (χ0n) is 10.4. The lowest BCUT2D eigenvalue weighted by Gasteiger charge is -2.39. The molecule has 1 saturated carbocycles. The number of hydrogen-bond donors (Lipinski definition) is 1. The lowest BCUT2D eigenvalue weighted by Crippen LogP contribution is -2.42. The van der Waals surface area contributed by atoms with Crippen LogP contribution in [0.5, 0.6) is 0 Å². The molecular formula is C13H26N2. The first-order valence-electron chi connectivity index (χ1n) is 6.57. The van der Waals surface area contributed by atoms with Gasteiger partial charge in [0.2, 0.25) is 0 Å². The Hall–Kier alpha value is -0.0800. The zero-order valence-corrected chi connectivity index (χ0v) is 10.4. The smallest absolute Gasteiger partial charge is 0.00187 e. The van der Waals surface area contributed by atoms with E-state index in [0.29, 0.717) is 5.41 Å². The molecule has 2 nitrogen and oxygen atoms in total. The molecule has 0 bridgehead atoms. The van der Waals surface area contributed by atoms with Crippen LogP contribution in [0, 0.1) is 11.3 Å². The molecule has 1 unspecified atom stereocenters. The molecule has 2 rings (SSSR count). The van der Waals surface area contributed by atoms with Crippen molar-refractivity contribution < 1.29 is 0 Å². The second kappa shape index (κ2) is 4.84. The molecule has 88 valence electrons. The minimum absolute atomic E-state index is 0.639. The highest BCUT2D eigenvalue weighted by molar-refractivity contribution is 4.85. The normalized spacial score (nSPS) is 31.2. The lowest BCUT2D eigenvalue weighted by atomic mass is 9.70. The monoisotopic (exact) mass is 210 g/mol. The van der Waals surface area contributed by atoms with Gasteiger partial charge in [-0.3, -0.25) is 0 Å². The first kappa shape index (κ1) is 11.4. The van der Waals surface area contributed by atoms with Crippen molar-refractivity contribution in [2.75, 3.05) is 33.2 Å². The molecule has 1 aliphatic carbocycles. The van der Waals surface area contributed by atoms with Crippen LogP contribution in [0.15, 0.2) is 0 Å². The van der Waals surface area contributed by atoms with E-state index >= 15 is 0 Å². The van der Waals surface area contributed by atoms with E-state index < -0.39 is 0 Å². The molecule has 0 aromatic carbocycles. The Kier molecular flexibility index (Phi) is 3.68. The van der Waals surface area contributed by atoms with Crippen LogP contribution in [0.1, 0.15) is 39.0 Å². The van der Waals surface area contributed by atoms with Crippen molar-refractivity contribution in [1.29, 1.82) is 0 Å². The molecule has 1 heterocycles. The van der Waals surface area contributed by atoms with Crippen LogP contribution in [0.3, 0.4) is 0 Å². The first-order valence-corrected chi connectivity index (χ1v) is 6.57. The van der Waals surface area contributed by atoms with Gasteiger partial charge in [-0.1, -0.05) is 13.3 Å². The molecule has 1 N–H and O–H groups in total. The Balaban J connectivity index is 1.60. The summed E-state index contributed by atoms with van der Waals surface area (Å²) in [5.74, 6) is 0.896. The molecule has 0 spiro atoms. The molecule has 1 aliphatic heterocycles. The maximum Gasteiger partial charge on any atom is 0.00187 e. The van der Waals surface area contributed by atoms with E-state index in [2.05, 4.69) is 24.2 Å². The number of nitrogens with one attached hydrogen (secondary N) is 1.